The third kappa shape index (κ3) is 3.77. The van der Waals surface area contributed by atoms with Gasteiger partial charge in [0.15, 0.2) is 0 Å². The molecule has 0 saturated heterocycles. The van der Waals surface area contributed by atoms with Crippen LogP contribution in [0.5, 0.6) is 0 Å². The maximum absolute atomic E-state index is 2.32. The lowest BCUT2D eigenvalue weighted by molar-refractivity contribution is 0.480. The van der Waals surface area contributed by atoms with Gasteiger partial charge in [0.05, 0.1) is 0 Å². The molecule has 0 saturated carbocycles. The summed E-state index contributed by atoms with van der Waals surface area (Å²) in [5.74, 6) is 0. The van der Waals surface area contributed by atoms with Crippen LogP contribution >= 0.6 is 0 Å². The van der Waals surface area contributed by atoms with Crippen LogP contribution in [0.1, 0.15) is 31.4 Å². The molecule has 0 bridgehead atoms. The maximum Gasteiger partial charge on any atom is 0 e. The highest BCUT2D eigenvalue weighted by Crippen LogP contribution is 2.28. The van der Waals surface area contributed by atoms with Crippen molar-refractivity contribution < 1.29 is 0 Å². The molecule has 0 amide bonds. The zero-order valence-corrected chi connectivity index (χ0v) is 11.3. The lowest BCUT2D eigenvalue weighted by atomic mass is 9.80. The number of benzene rings is 2. The van der Waals surface area contributed by atoms with E-state index in [-0.39, 0.29) is 13.8 Å². The van der Waals surface area contributed by atoms with E-state index in [0.717, 1.165) is 6.42 Å². The monoisotopic (exact) mass is 235 g/mol. The van der Waals surface area contributed by atoms with Gasteiger partial charge in [0.25, 0.3) is 0 Å². The lowest BCUT2D eigenvalue weighted by Crippen LogP contribution is -2.17. The summed E-state index contributed by atoms with van der Waals surface area (Å²) in [5.41, 5.74) is 3.10. The summed E-state index contributed by atoms with van der Waals surface area (Å²) in [6, 6.07) is 21.5. The molecule has 0 atom stereocenters. The van der Waals surface area contributed by atoms with Crippen molar-refractivity contribution >= 4 is 8.41 Å². The van der Waals surface area contributed by atoms with Crippen LogP contribution in [0.3, 0.4) is 0 Å². The molecule has 0 aliphatic carbocycles. The summed E-state index contributed by atoms with van der Waals surface area (Å²) in [5, 5.41) is 0. The molecule has 1 heteroatoms. The number of rotatable bonds is 4. The summed E-state index contributed by atoms with van der Waals surface area (Å²) in [6.45, 7) is 4.65. The fourth-order valence-corrected chi connectivity index (χ4v) is 2.14. The van der Waals surface area contributed by atoms with Gasteiger partial charge in [0.2, 0.25) is 0 Å². The van der Waals surface area contributed by atoms with Gasteiger partial charge in [-0.2, -0.15) is 0 Å². The van der Waals surface area contributed by atoms with Gasteiger partial charge in [-0.25, -0.2) is 0 Å². The predicted molar refractivity (Wildman–Crippen MR) is 80.0 cm³/mol. The quantitative estimate of drug-likeness (QED) is 0.696. The van der Waals surface area contributed by atoms with Gasteiger partial charge in [0, 0.05) is 8.41 Å². The molecule has 0 N–H and O–H groups in total. The minimum atomic E-state index is 0. The van der Waals surface area contributed by atoms with Crippen LogP contribution in [-0.2, 0) is 11.8 Å². The average Bonchev–Trinajstić information content (AvgIpc) is 2.39. The Morgan fingerprint density at radius 3 is 1.83 bits per heavy atom. The van der Waals surface area contributed by atoms with Crippen molar-refractivity contribution in [3.05, 3.63) is 71.8 Å². The summed E-state index contributed by atoms with van der Waals surface area (Å²) in [6.07, 6.45) is 2.32. The predicted octanol–water partition coefficient (Wildman–Crippen LogP) is 4.22. The largest absolute Gasteiger partial charge is 0.0622 e. The van der Waals surface area contributed by atoms with Gasteiger partial charge < -0.3 is 0 Å². The van der Waals surface area contributed by atoms with Crippen LogP contribution in [0.4, 0.5) is 0 Å². The zero-order chi connectivity index (χ0) is 12.1. The van der Waals surface area contributed by atoms with E-state index in [1.54, 1.807) is 0 Å². The van der Waals surface area contributed by atoms with Crippen LogP contribution < -0.4 is 0 Å². The average molecular weight is 235 g/mol. The number of hydrogen-bond donors (Lipinski definition) is 0. The highest BCUT2D eigenvalue weighted by atomic mass is 14.2. The Kier molecular flexibility index (Phi) is 5.21. The Balaban J connectivity index is 0.00000162. The van der Waals surface area contributed by atoms with Crippen LogP contribution in [0.25, 0.3) is 0 Å². The molecule has 0 fully saturated rings. The first kappa shape index (κ1) is 14.6. The third-order valence-corrected chi connectivity index (χ3v) is 3.44. The molecule has 0 heterocycles. The van der Waals surface area contributed by atoms with Crippen molar-refractivity contribution in [3.8, 4) is 0 Å². The molecule has 2 aromatic carbocycles. The Hall–Kier alpha value is -1.50. The highest BCUT2D eigenvalue weighted by molar-refractivity contribution is 5.75. The van der Waals surface area contributed by atoms with Crippen molar-refractivity contribution in [2.75, 3.05) is 0 Å². The van der Waals surface area contributed by atoms with Gasteiger partial charge in [-0.15, -0.1) is 0 Å². The standard InChI is InChI=1S/C17H20.B/c1-17(2,16-11-7-4-8-12-16)14-13-15-9-5-3-6-10-15;/h3-12H,13-14H2,1-2H3;. The van der Waals surface area contributed by atoms with Crippen molar-refractivity contribution in [1.82, 2.24) is 0 Å². The Labute approximate surface area is 113 Å². The first-order chi connectivity index (χ1) is 8.18. The van der Waals surface area contributed by atoms with Gasteiger partial charge in [-0.1, -0.05) is 74.5 Å². The second-order valence-corrected chi connectivity index (χ2v) is 5.24. The van der Waals surface area contributed by atoms with Crippen LogP contribution in [0, 0.1) is 0 Å². The first-order valence-electron chi connectivity index (χ1n) is 6.28. The Morgan fingerprint density at radius 1 is 0.778 bits per heavy atom. The SMILES string of the molecule is CC(C)(CCc1ccccc1)c1ccccc1.[B]. The first-order valence-corrected chi connectivity index (χ1v) is 6.28. The second kappa shape index (κ2) is 6.44. The molecule has 91 valence electrons. The molecule has 0 aliphatic heterocycles. The zero-order valence-electron chi connectivity index (χ0n) is 11.3. The third-order valence-electron chi connectivity index (χ3n) is 3.44. The maximum atomic E-state index is 2.32. The molecule has 2 rings (SSSR count). The van der Waals surface area contributed by atoms with Gasteiger partial charge >= 0.3 is 0 Å². The summed E-state index contributed by atoms with van der Waals surface area (Å²) in [4.78, 5) is 0. The minimum Gasteiger partial charge on any atom is -0.0622 e. The van der Waals surface area contributed by atoms with Crippen molar-refractivity contribution in [1.29, 1.82) is 0 Å². The molecule has 0 nitrogen and oxygen atoms in total. The molecular formula is C17H20B. The molecular weight excluding hydrogens is 215 g/mol. The van der Waals surface area contributed by atoms with E-state index in [0.29, 0.717) is 0 Å². The van der Waals surface area contributed by atoms with Gasteiger partial charge in [-0.3, -0.25) is 0 Å². The van der Waals surface area contributed by atoms with Gasteiger partial charge in [0.1, 0.15) is 0 Å². The highest BCUT2D eigenvalue weighted by Gasteiger charge is 2.19. The van der Waals surface area contributed by atoms with E-state index >= 15 is 0 Å². The van der Waals surface area contributed by atoms with E-state index < -0.39 is 0 Å². The lowest BCUT2D eigenvalue weighted by Gasteiger charge is -2.25. The normalized spacial score (nSPS) is 10.8. The second-order valence-electron chi connectivity index (χ2n) is 5.24. The molecule has 3 radical (unpaired) electrons. The summed E-state index contributed by atoms with van der Waals surface area (Å²) >= 11 is 0. The fourth-order valence-electron chi connectivity index (χ4n) is 2.14. The molecule has 2 aromatic rings. The number of aryl methyl sites for hydroxylation is 1. The summed E-state index contributed by atoms with van der Waals surface area (Å²) in [7, 11) is 0. The smallest absolute Gasteiger partial charge is 0 e. The van der Waals surface area contributed by atoms with Crippen molar-refractivity contribution in [2.24, 2.45) is 0 Å². The van der Waals surface area contributed by atoms with E-state index in [2.05, 4.69) is 74.5 Å². The van der Waals surface area contributed by atoms with E-state index in [1.807, 2.05) is 0 Å². The molecule has 0 spiro atoms. The number of hydrogen-bond acceptors (Lipinski definition) is 0. The van der Waals surface area contributed by atoms with E-state index in [1.165, 1.54) is 17.5 Å². The Morgan fingerprint density at radius 2 is 1.28 bits per heavy atom. The fraction of sp³-hybridized carbons (Fsp3) is 0.294. The summed E-state index contributed by atoms with van der Waals surface area (Å²) < 4.78 is 0. The van der Waals surface area contributed by atoms with Crippen LogP contribution in [0.2, 0.25) is 0 Å². The van der Waals surface area contributed by atoms with E-state index in [9.17, 15) is 0 Å². The topological polar surface area (TPSA) is 0 Å². The minimum absolute atomic E-state index is 0. The van der Waals surface area contributed by atoms with Crippen LogP contribution in [0.15, 0.2) is 60.7 Å². The van der Waals surface area contributed by atoms with Crippen molar-refractivity contribution in [3.63, 3.8) is 0 Å². The van der Waals surface area contributed by atoms with Gasteiger partial charge in [-0.05, 0) is 29.4 Å². The Bertz CT molecular complexity index is 446. The van der Waals surface area contributed by atoms with Crippen LogP contribution in [-0.4, -0.2) is 8.41 Å². The molecule has 0 aromatic heterocycles. The molecule has 0 unspecified atom stereocenters. The molecule has 18 heavy (non-hydrogen) atoms. The van der Waals surface area contributed by atoms with E-state index in [4.69, 9.17) is 0 Å². The molecule has 0 aliphatic rings. The van der Waals surface area contributed by atoms with Crippen molar-refractivity contribution in [2.45, 2.75) is 32.1 Å².